The van der Waals surface area contributed by atoms with Gasteiger partial charge >= 0.3 is 0 Å². The Hall–Kier alpha value is 0.177. The minimum Gasteiger partial charge on any atom is -0.415 e. The van der Waals surface area contributed by atoms with Crippen molar-refractivity contribution < 1.29 is 4.43 Å². The summed E-state index contributed by atoms with van der Waals surface area (Å²) in [6.45, 7) is 6.50. The SMILES string of the molecule is CCCCCCC(C)O[Si]C. The summed E-state index contributed by atoms with van der Waals surface area (Å²) in [6, 6.07) is 0. The molecule has 1 nitrogen and oxygen atoms in total. The van der Waals surface area contributed by atoms with Crippen molar-refractivity contribution in [3.63, 3.8) is 0 Å². The van der Waals surface area contributed by atoms with Gasteiger partial charge in [-0.15, -0.1) is 0 Å². The van der Waals surface area contributed by atoms with Crippen molar-refractivity contribution >= 4 is 9.76 Å². The van der Waals surface area contributed by atoms with Crippen molar-refractivity contribution in [1.29, 1.82) is 0 Å². The first-order valence-electron chi connectivity index (χ1n) is 4.63. The van der Waals surface area contributed by atoms with Crippen LogP contribution in [0.3, 0.4) is 0 Å². The van der Waals surface area contributed by atoms with Gasteiger partial charge < -0.3 is 4.43 Å². The van der Waals surface area contributed by atoms with E-state index in [0.29, 0.717) is 15.9 Å². The van der Waals surface area contributed by atoms with Crippen LogP contribution in [-0.4, -0.2) is 15.9 Å². The van der Waals surface area contributed by atoms with Crippen LogP contribution in [0.25, 0.3) is 0 Å². The number of unbranched alkanes of at least 4 members (excludes halogenated alkanes) is 3. The Morgan fingerprint density at radius 1 is 1.27 bits per heavy atom. The van der Waals surface area contributed by atoms with Crippen LogP contribution in [0.5, 0.6) is 0 Å². The van der Waals surface area contributed by atoms with Gasteiger partial charge in [-0.25, -0.2) is 0 Å². The molecule has 0 spiro atoms. The summed E-state index contributed by atoms with van der Waals surface area (Å²) >= 11 is 0. The molecule has 0 saturated carbocycles. The molecular formula is C9H20OSi. The zero-order valence-corrected chi connectivity index (χ0v) is 9.02. The molecule has 2 heteroatoms. The van der Waals surface area contributed by atoms with Crippen LogP contribution in [-0.2, 0) is 4.43 Å². The van der Waals surface area contributed by atoms with Gasteiger partial charge in [-0.05, 0) is 19.9 Å². The lowest BCUT2D eigenvalue weighted by Gasteiger charge is -2.10. The lowest BCUT2D eigenvalue weighted by atomic mass is 10.1. The van der Waals surface area contributed by atoms with Crippen molar-refractivity contribution in [3.8, 4) is 0 Å². The molecule has 0 rings (SSSR count). The molecule has 2 radical (unpaired) electrons. The fourth-order valence-corrected chi connectivity index (χ4v) is 1.64. The van der Waals surface area contributed by atoms with E-state index in [2.05, 4.69) is 20.4 Å². The van der Waals surface area contributed by atoms with E-state index in [0.717, 1.165) is 0 Å². The first-order valence-corrected chi connectivity index (χ1v) is 6.04. The molecule has 0 aromatic carbocycles. The van der Waals surface area contributed by atoms with E-state index < -0.39 is 0 Å². The summed E-state index contributed by atoms with van der Waals surface area (Å²) in [6.07, 6.45) is 7.12. The van der Waals surface area contributed by atoms with Gasteiger partial charge in [-0.3, -0.25) is 0 Å². The van der Waals surface area contributed by atoms with Crippen molar-refractivity contribution in [2.45, 2.75) is 58.6 Å². The van der Waals surface area contributed by atoms with Crippen LogP contribution in [0.2, 0.25) is 6.55 Å². The van der Waals surface area contributed by atoms with Gasteiger partial charge in [0.2, 0.25) is 9.76 Å². The summed E-state index contributed by atoms with van der Waals surface area (Å²) in [5, 5.41) is 0. The average molecular weight is 172 g/mol. The van der Waals surface area contributed by atoms with Gasteiger partial charge in [0.1, 0.15) is 0 Å². The van der Waals surface area contributed by atoms with E-state index in [9.17, 15) is 0 Å². The molecule has 1 unspecified atom stereocenters. The third-order valence-corrected chi connectivity index (χ3v) is 2.42. The number of hydrogen-bond donors (Lipinski definition) is 0. The van der Waals surface area contributed by atoms with Gasteiger partial charge in [0.25, 0.3) is 0 Å². The van der Waals surface area contributed by atoms with Gasteiger partial charge in [0, 0.05) is 6.10 Å². The predicted molar refractivity (Wildman–Crippen MR) is 50.9 cm³/mol. The molecule has 0 fully saturated rings. The van der Waals surface area contributed by atoms with Crippen LogP contribution in [0, 0.1) is 0 Å². The van der Waals surface area contributed by atoms with Crippen LogP contribution in [0.1, 0.15) is 46.0 Å². The Labute approximate surface area is 73.5 Å². The first kappa shape index (κ1) is 11.2. The molecule has 0 aromatic rings. The fourth-order valence-electron chi connectivity index (χ4n) is 1.12. The molecule has 66 valence electrons. The normalized spacial score (nSPS) is 13.4. The molecule has 0 bridgehead atoms. The smallest absolute Gasteiger partial charge is 0.226 e. The summed E-state index contributed by atoms with van der Waals surface area (Å²) < 4.78 is 5.45. The third kappa shape index (κ3) is 8.08. The van der Waals surface area contributed by atoms with E-state index in [1.807, 2.05) is 0 Å². The maximum absolute atomic E-state index is 5.45. The molecule has 0 aliphatic heterocycles. The molecule has 0 heterocycles. The summed E-state index contributed by atoms with van der Waals surface area (Å²) in [5.41, 5.74) is 0. The van der Waals surface area contributed by atoms with Gasteiger partial charge in [0.15, 0.2) is 0 Å². The molecule has 0 aromatic heterocycles. The fraction of sp³-hybridized carbons (Fsp3) is 1.00. The quantitative estimate of drug-likeness (QED) is 0.424. The largest absolute Gasteiger partial charge is 0.415 e. The van der Waals surface area contributed by atoms with Crippen molar-refractivity contribution in [2.75, 3.05) is 0 Å². The Morgan fingerprint density at radius 3 is 2.55 bits per heavy atom. The topological polar surface area (TPSA) is 9.23 Å². The lowest BCUT2D eigenvalue weighted by molar-refractivity contribution is 0.219. The molecule has 0 aliphatic carbocycles. The maximum atomic E-state index is 5.45. The lowest BCUT2D eigenvalue weighted by Crippen LogP contribution is -2.09. The highest BCUT2D eigenvalue weighted by molar-refractivity contribution is 6.24. The molecule has 1 atom stereocenters. The van der Waals surface area contributed by atoms with E-state index in [4.69, 9.17) is 4.43 Å². The Bertz CT molecular complexity index is 76.0. The number of rotatable bonds is 7. The highest BCUT2D eigenvalue weighted by atomic mass is 28.2. The first-order chi connectivity index (χ1) is 5.31. The maximum Gasteiger partial charge on any atom is 0.226 e. The van der Waals surface area contributed by atoms with Crippen molar-refractivity contribution in [3.05, 3.63) is 0 Å². The number of hydrogen-bond acceptors (Lipinski definition) is 1. The van der Waals surface area contributed by atoms with E-state index >= 15 is 0 Å². The van der Waals surface area contributed by atoms with Gasteiger partial charge in [-0.2, -0.15) is 0 Å². The molecule has 11 heavy (non-hydrogen) atoms. The second-order valence-corrected chi connectivity index (χ2v) is 3.63. The molecule has 0 N–H and O–H groups in total. The molecule has 0 saturated heterocycles. The third-order valence-electron chi connectivity index (χ3n) is 1.78. The Morgan fingerprint density at radius 2 is 2.00 bits per heavy atom. The molecular weight excluding hydrogens is 152 g/mol. The van der Waals surface area contributed by atoms with Crippen molar-refractivity contribution in [1.82, 2.24) is 0 Å². The van der Waals surface area contributed by atoms with E-state index in [-0.39, 0.29) is 0 Å². The van der Waals surface area contributed by atoms with Crippen molar-refractivity contribution in [2.24, 2.45) is 0 Å². The Kier molecular flexibility index (Phi) is 8.41. The zero-order chi connectivity index (χ0) is 8.53. The highest BCUT2D eigenvalue weighted by Gasteiger charge is 1.99. The van der Waals surface area contributed by atoms with E-state index in [1.54, 1.807) is 0 Å². The minimum atomic E-state index is 0.482. The minimum absolute atomic E-state index is 0.482. The molecule has 0 amide bonds. The predicted octanol–water partition coefficient (Wildman–Crippen LogP) is 3.03. The Balaban J connectivity index is 2.97. The standard InChI is InChI=1S/C9H20OSi/c1-4-5-6-7-8-9(2)10-11-3/h9H,4-8H2,1-3H3. The second-order valence-electron chi connectivity index (χ2n) is 2.98. The molecule has 0 aliphatic rings. The summed E-state index contributed by atoms with van der Waals surface area (Å²) in [4.78, 5) is 0. The summed E-state index contributed by atoms with van der Waals surface area (Å²) in [7, 11) is 0.650. The van der Waals surface area contributed by atoms with E-state index in [1.165, 1.54) is 32.1 Å². The van der Waals surface area contributed by atoms with Crippen LogP contribution < -0.4 is 0 Å². The highest BCUT2D eigenvalue weighted by Crippen LogP contribution is 2.06. The van der Waals surface area contributed by atoms with Gasteiger partial charge in [-0.1, -0.05) is 32.6 Å². The van der Waals surface area contributed by atoms with Crippen LogP contribution in [0.15, 0.2) is 0 Å². The monoisotopic (exact) mass is 172 g/mol. The van der Waals surface area contributed by atoms with Crippen LogP contribution >= 0.6 is 0 Å². The summed E-state index contributed by atoms with van der Waals surface area (Å²) in [5.74, 6) is 0. The van der Waals surface area contributed by atoms with Gasteiger partial charge in [0.05, 0.1) is 0 Å². The second kappa shape index (κ2) is 8.28. The van der Waals surface area contributed by atoms with Crippen LogP contribution in [0.4, 0.5) is 0 Å². The average Bonchev–Trinajstić information content (AvgIpc) is 1.99. The zero-order valence-electron chi connectivity index (χ0n) is 8.02.